The second-order valence-electron chi connectivity index (χ2n) is 9.65. The van der Waals surface area contributed by atoms with E-state index in [-0.39, 0.29) is 0 Å². The molecule has 4 heterocycles. The van der Waals surface area contributed by atoms with Crippen molar-refractivity contribution in [2.24, 2.45) is 5.92 Å². The second kappa shape index (κ2) is 9.50. The average Bonchev–Trinajstić information content (AvgIpc) is 3.46. The molecule has 1 fully saturated rings. The van der Waals surface area contributed by atoms with Gasteiger partial charge in [-0.05, 0) is 74.4 Å². The molecule has 0 aliphatic carbocycles. The van der Waals surface area contributed by atoms with Gasteiger partial charge in [-0.25, -0.2) is 9.50 Å². The maximum Gasteiger partial charge on any atom is 0.151 e. The molecule has 178 valence electrons. The average molecular weight is 466 g/mol. The Morgan fingerprint density at radius 3 is 2.86 bits per heavy atom. The van der Waals surface area contributed by atoms with Crippen molar-refractivity contribution >= 4 is 22.2 Å². The van der Waals surface area contributed by atoms with Crippen LogP contribution in [0.3, 0.4) is 0 Å². The zero-order valence-corrected chi connectivity index (χ0v) is 19.9. The third-order valence-electron chi connectivity index (χ3n) is 7.15. The lowest BCUT2D eigenvalue weighted by Gasteiger charge is -2.22. The molecule has 35 heavy (non-hydrogen) atoms. The Hall–Kier alpha value is -3.71. The van der Waals surface area contributed by atoms with Gasteiger partial charge in [0.25, 0.3) is 0 Å². The SMILES string of the molecule is Nc1ncnn2c(CCCC3CCCNC3)cc(-c3ccc4cn(Cc5ccccc5)nc4c3)c12. The first kappa shape index (κ1) is 21.8. The molecule has 2 aromatic carbocycles. The maximum absolute atomic E-state index is 6.36. The summed E-state index contributed by atoms with van der Waals surface area (Å²) in [5.41, 5.74) is 12.8. The lowest BCUT2D eigenvalue weighted by atomic mass is 9.93. The van der Waals surface area contributed by atoms with Gasteiger partial charge in [0, 0.05) is 22.8 Å². The normalized spacial score (nSPS) is 16.3. The monoisotopic (exact) mass is 465 g/mol. The summed E-state index contributed by atoms with van der Waals surface area (Å²) in [6, 6.07) is 19.1. The summed E-state index contributed by atoms with van der Waals surface area (Å²) in [4.78, 5) is 4.29. The van der Waals surface area contributed by atoms with Crippen molar-refractivity contribution in [1.29, 1.82) is 0 Å². The number of aryl methyl sites for hydroxylation is 1. The Bertz CT molecular complexity index is 1440. The summed E-state index contributed by atoms with van der Waals surface area (Å²) in [6.07, 6.45) is 9.63. The number of nitrogens with two attached hydrogens (primary N) is 1. The Morgan fingerprint density at radius 1 is 1.09 bits per heavy atom. The number of nitrogens with zero attached hydrogens (tertiary/aromatic N) is 5. The molecule has 3 aromatic heterocycles. The van der Waals surface area contributed by atoms with Crippen LogP contribution in [0.25, 0.3) is 27.5 Å². The number of nitrogens with one attached hydrogen (secondary N) is 1. The van der Waals surface area contributed by atoms with E-state index in [0.717, 1.165) is 65.9 Å². The zero-order chi connectivity index (χ0) is 23.6. The van der Waals surface area contributed by atoms with Crippen molar-refractivity contribution in [2.75, 3.05) is 18.8 Å². The van der Waals surface area contributed by atoms with Crippen molar-refractivity contribution in [3.8, 4) is 11.1 Å². The lowest BCUT2D eigenvalue weighted by Crippen LogP contribution is -2.29. The van der Waals surface area contributed by atoms with E-state index in [1.54, 1.807) is 6.33 Å². The summed E-state index contributed by atoms with van der Waals surface area (Å²) in [7, 11) is 0. The number of aromatic nitrogens is 5. The van der Waals surface area contributed by atoms with Crippen molar-refractivity contribution in [3.63, 3.8) is 0 Å². The van der Waals surface area contributed by atoms with E-state index < -0.39 is 0 Å². The molecular formula is C28H31N7. The van der Waals surface area contributed by atoms with Crippen LogP contribution in [-0.4, -0.2) is 37.5 Å². The minimum Gasteiger partial charge on any atom is -0.382 e. The first-order valence-corrected chi connectivity index (χ1v) is 12.6. The van der Waals surface area contributed by atoms with Gasteiger partial charge in [0.2, 0.25) is 0 Å². The van der Waals surface area contributed by atoms with Crippen LogP contribution < -0.4 is 11.1 Å². The molecule has 7 heteroatoms. The summed E-state index contributed by atoms with van der Waals surface area (Å²) < 4.78 is 3.99. The van der Waals surface area contributed by atoms with E-state index in [0.29, 0.717) is 5.82 Å². The number of anilines is 1. The molecule has 5 aromatic rings. The molecule has 1 aliphatic rings. The van der Waals surface area contributed by atoms with Gasteiger partial charge in [0.05, 0.1) is 12.1 Å². The Balaban J connectivity index is 1.29. The summed E-state index contributed by atoms with van der Waals surface area (Å²) in [5.74, 6) is 1.29. The fraction of sp³-hybridized carbons (Fsp3) is 0.321. The largest absolute Gasteiger partial charge is 0.382 e. The number of hydrogen-bond acceptors (Lipinski definition) is 5. The van der Waals surface area contributed by atoms with Crippen LogP contribution in [0.1, 0.15) is 36.9 Å². The predicted octanol–water partition coefficient (Wildman–Crippen LogP) is 4.70. The van der Waals surface area contributed by atoms with Crippen molar-refractivity contribution in [1.82, 2.24) is 29.7 Å². The van der Waals surface area contributed by atoms with Crippen molar-refractivity contribution in [3.05, 3.63) is 78.4 Å². The number of benzene rings is 2. The summed E-state index contributed by atoms with van der Waals surface area (Å²) in [6.45, 7) is 3.06. The summed E-state index contributed by atoms with van der Waals surface area (Å²) >= 11 is 0. The fourth-order valence-electron chi connectivity index (χ4n) is 5.36. The minimum absolute atomic E-state index is 0.507. The number of nitrogen functional groups attached to an aromatic ring is 1. The van der Waals surface area contributed by atoms with Crippen LogP contribution in [0, 0.1) is 5.92 Å². The van der Waals surface area contributed by atoms with Crippen molar-refractivity contribution < 1.29 is 0 Å². The fourth-order valence-corrected chi connectivity index (χ4v) is 5.36. The highest BCUT2D eigenvalue weighted by atomic mass is 15.3. The van der Waals surface area contributed by atoms with E-state index in [1.807, 2.05) is 15.3 Å². The quantitative estimate of drug-likeness (QED) is 0.364. The van der Waals surface area contributed by atoms with E-state index in [1.165, 1.54) is 30.5 Å². The van der Waals surface area contributed by atoms with Gasteiger partial charge < -0.3 is 11.1 Å². The number of rotatable bonds is 7. The molecule has 0 bridgehead atoms. The van der Waals surface area contributed by atoms with E-state index in [9.17, 15) is 0 Å². The molecule has 1 unspecified atom stereocenters. The minimum atomic E-state index is 0.507. The predicted molar refractivity (Wildman–Crippen MR) is 140 cm³/mol. The summed E-state index contributed by atoms with van der Waals surface area (Å²) in [5, 5.41) is 14.1. The number of hydrogen-bond donors (Lipinski definition) is 2. The lowest BCUT2D eigenvalue weighted by molar-refractivity contribution is 0.350. The molecule has 1 aliphatic heterocycles. The van der Waals surface area contributed by atoms with Crippen LogP contribution in [0.5, 0.6) is 0 Å². The second-order valence-corrected chi connectivity index (χ2v) is 9.65. The highest BCUT2D eigenvalue weighted by Gasteiger charge is 2.17. The number of piperidine rings is 1. The van der Waals surface area contributed by atoms with Gasteiger partial charge in [0.1, 0.15) is 11.8 Å². The van der Waals surface area contributed by atoms with Gasteiger partial charge in [-0.3, -0.25) is 4.68 Å². The molecule has 0 saturated carbocycles. The molecule has 0 spiro atoms. The first-order chi connectivity index (χ1) is 17.2. The van der Waals surface area contributed by atoms with Gasteiger partial charge in [0.15, 0.2) is 5.82 Å². The Labute approximate surface area is 205 Å². The van der Waals surface area contributed by atoms with Crippen LogP contribution in [-0.2, 0) is 13.0 Å². The molecule has 1 atom stereocenters. The Morgan fingerprint density at radius 2 is 2.00 bits per heavy atom. The molecule has 0 amide bonds. The molecule has 3 N–H and O–H groups in total. The van der Waals surface area contributed by atoms with Gasteiger partial charge in [-0.1, -0.05) is 42.5 Å². The standard InChI is InChI=1S/C28H31N7/c29-28-27-25(15-24(35(27)32-19-31-28)10-4-8-20-9-5-13-30-16-20)22-11-12-23-18-34(33-26(23)14-22)17-21-6-2-1-3-7-21/h1-3,6-7,11-12,14-15,18-20,30H,4-5,8-10,13,16-17H2,(H2,29,31,32). The molecular weight excluding hydrogens is 434 g/mol. The van der Waals surface area contributed by atoms with Crippen LogP contribution in [0.2, 0.25) is 0 Å². The van der Waals surface area contributed by atoms with Crippen LogP contribution in [0.4, 0.5) is 5.82 Å². The van der Waals surface area contributed by atoms with Gasteiger partial charge >= 0.3 is 0 Å². The molecule has 1 saturated heterocycles. The smallest absolute Gasteiger partial charge is 0.151 e. The maximum atomic E-state index is 6.36. The zero-order valence-electron chi connectivity index (χ0n) is 19.9. The van der Waals surface area contributed by atoms with E-state index in [4.69, 9.17) is 10.8 Å². The Kier molecular flexibility index (Phi) is 5.92. The molecule has 0 radical (unpaired) electrons. The topological polar surface area (TPSA) is 86.1 Å². The van der Waals surface area contributed by atoms with Crippen LogP contribution in [0.15, 0.2) is 67.1 Å². The third kappa shape index (κ3) is 4.51. The van der Waals surface area contributed by atoms with Gasteiger partial charge in [-0.2, -0.15) is 10.2 Å². The highest BCUT2D eigenvalue weighted by molar-refractivity contribution is 5.92. The number of fused-ring (bicyclic) bond motifs is 2. The third-order valence-corrected chi connectivity index (χ3v) is 7.15. The van der Waals surface area contributed by atoms with Crippen LogP contribution >= 0.6 is 0 Å². The molecule has 7 nitrogen and oxygen atoms in total. The van der Waals surface area contributed by atoms with Gasteiger partial charge in [-0.15, -0.1) is 0 Å². The van der Waals surface area contributed by atoms with E-state index in [2.05, 4.69) is 70.1 Å². The first-order valence-electron chi connectivity index (χ1n) is 12.6. The van der Waals surface area contributed by atoms with E-state index >= 15 is 0 Å². The molecule has 6 rings (SSSR count). The van der Waals surface area contributed by atoms with Crippen molar-refractivity contribution in [2.45, 2.75) is 38.6 Å². The highest BCUT2D eigenvalue weighted by Crippen LogP contribution is 2.33.